The van der Waals surface area contributed by atoms with Crippen molar-refractivity contribution in [2.24, 2.45) is 11.0 Å². The highest BCUT2D eigenvalue weighted by Gasteiger charge is 2.32. The molecule has 0 aromatic heterocycles. The molecule has 0 saturated carbocycles. The molecule has 4 heteroatoms. The van der Waals surface area contributed by atoms with Gasteiger partial charge in [0.2, 0.25) is 0 Å². The van der Waals surface area contributed by atoms with Crippen molar-refractivity contribution in [1.29, 1.82) is 0 Å². The number of benzene rings is 1. The number of para-hydroxylation sites is 2. The van der Waals surface area contributed by atoms with Crippen LogP contribution in [0, 0.1) is 5.92 Å². The molecule has 1 aromatic carbocycles. The van der Waals surface area contributed by atoms with E-state index < -0.39 is 0 Å². The monoisotopic (exact) mass is 217 g/mol. The average Bonchev–Trinajstić information content (AvgIpc) is 2.57. The number of hydrogen-bond acceptors (Lipinski definition) is 3. The Morgan fingerprint density at radius 2 is 2.12 bits per heavy atom. The van der Waals surface area contributed by atoms with E-state index in [0.717, 1.165) is 12.1 Å². The fourth-order valence-corrected chi connectivity index (χ4v) is 1.82. The summed E-state index contributed by atoms with van der Waals surface area (Å²) in [5, 5.41) is 5.74. The Balaban J connectivity index is 2.40. The van der Waals surface area contributed by atoms with E-state index >= 15 is 0 Å². The number of rotatable bonds is 2. The van der Waals surface area contributed by atoms with Gasteiger partial charge in [-0.3, -0.25) is 4.79 Å². The molecule has 2 N–H and O–H groups in total. The molecule has 0 radical (unpaired) electrons. The van der Waals surface area contributed by atoms with Crippen molar-refractivity contribution < 1.29 is 4.79 Å². The molecule has 2 rings (SSSR count). The van der Waals surface area contributed by atoms with Crippen LogP contribution in [-0.2, 0) is 4.79 Å². The molecule has 1 unspecified atom stereocenters. The molecular weight excluding hydrogens is 202 g/mol. The summed E-state index contributed by atoms with van der Waals surface area (Å²) in [4.78, 5) is 12.0. The molecule has 1 aliphatic heterocycles. The van der Waals surface area contributed by atoms with Gasteiger partial charge in [0.05, 0.1) is 23.0 Å². The molecule has 0 aliphatic carbocycles. The van der Waals surface area contributed by atoms with Gasteiger partial charge in [-0.05, 0) is 25.5 Å². The Morgan fingerprint density at radius 3 is 2.69 bits per heavy atom. The maximum absolute atomic E-state index is 12.0. The van der Waals surface area contributed by atoms with E-state index in [-0.39, 0.29) is 11.8 Å². The summed E-state index contributed by atoms with van der Waals surface area (Å²) in [6, 6.07) is 7.27. The third-order valence-electron chi connectivity index (χ3n) is 2.83. The van der Waals surface area contributed by atoms with Gasteiger partial charge in [0, 0.05) is 0 Å². The first kappa shape index (κ1) is 10.7. The number of anilines is 2. The Kier molecular flexibility index (Phi) is 2.64. The van der Waals surface area contributed by atoms with Gasteiger partial charge < -0.3 is 5.73 Å². The van der Waals surface area contributed by atoms with E-state index in [1.54, 1.807) is 6.07 Å². The highest BCUT2D eigenvalue weighted by molar-refractivity contribution is 6.15. The lowest BCUT2D eigenvalue weighted by atomic mass is 10.0. The molecule has 0 spiro atoms. The molecule has 1 amide bonds. The Bertz CT molecular complexity index is 453. The molecular formula is C12H15N3O. The van der Waals surface area contributed by atoms with Crippen molar-refractivity contribution in [3.8, 4) is 0 Å². The van der Waals surface area contributed by atoms with Crippen LogP contribution in [0.4, 0.5) is 11.4 Å². The van der Waals surface area contributed by atoms with Crippen LogP contribution < -0.4 is 10.7 Å². The number of carbonyl (C=O) groups excluding carboxylic acids is 1. The number of nitrogens with zero attached hydrogens (tertiary/aromatic N) is 2. The molecule has 1 atom stereocenters. The van der Waals surface area contributed by atoms with Gasteiger partial charge in [-0.1, -0.05) is 19.1 Å². The zero-order valence-electron chi connectivity index (χ0n) is 9.47. The Labute approximate surface area is 94.7 Å². The van der Waals surface area contributed by atoms with Crippen LogP contribution in [0.25, 0.3) is 0 Å². The number of hydrazone groups is 1. The van der Waals surface area contributed by atoms with Crippen molar-refractivity contribution in [3.05, 3.63) is 24.3 Å². The molecule has 4 nitrogen and oxygen atoms in total. The van der Waals surface area contributed by atoms with Gasteiger partial charge in [-0.25, -0.2) is 0 Å². The number of amides is 1. The number of nitrogen functional groups attached to an aromatic ring is 1. The Hall–Kier alpha value is -1.84. The van der Waals surface area contributed by atoms with Crippen LogP contribution >= 0.6 is 0 Å². The molecule has 0 bridgehead atoms. The van der Waals surface area contributed by atoms with Crippen LogP contribution in [0.15, 0.2) is 29.4 Å². The van der Waals surface area contributed by atoms with Gasteiger partial charge >= 0.3 is 0 Å². The van der Waals surface area contributed by atoms with E-state index in [9.17, 15) is 4.79 Å². The fourth-order valence-electron chi connectivity index (χ4n) is 1.82. The number of nitrogens with two attached hydrogens (primary N) is 1. The topological polar surface area (TPSA) is 58.7 Å². The molecule has 0 fully saturated rings. The van der Waals surface area contributed by atoms with E-state index in [4.69, 9.17) is 5.73 Å². The van der Waals surface area contributed by atoms with Crippen molar-refractivity contribution in [2.45, 2.75) is 20.3 Å². The normalized spacial score (nSPS) is 20.1. The second-order valence-corrected chi connectivity index (χ2v) is 3.88. The van der Waals surface area contributed by atoms with Gasteiger partial charge in [-0.15, -0.1) is 0 Å². The van der Waals surface area contributed by atoms with E-state index in [1.165, 1.54) is 5.01 Å². The highest BCUT2D eigenvalue weighted by atomic mass is 16.2. The molecule has 84 valence electrons. The van der Waals surface area contributed by atoms with Gasteiger partial charge in [0.1, 0.15) is 0 Å². The van der Waals surface area contributed by atoms with Crippen molar-refractivity contribution >= 4 is 23.0 Å². The second-order valence-electron chi connectivity index (χ2n) is 3.88. The number of hydrogen-bond donors (Lipinski definition) is 1. The minimum Gasteiger partial charge on any atom is -0.397 e. The zero-order valence-corrected chi connectivity index (χ0v) is 9.47. The standard InChI is InChI=1S/C12H15N3O/c1-3-10-8(2)12(16)15(14-10)11-7-5-4-6-9(11)13/h4-8H,3,13H2,1-2H3. The zero-order chi connectivity index (χ0) is 11.7. The minimum atomic E-state index is -0.135. The summed E-state index contributed by atoms with van der Waals surface area (Å²) in [5.74, 6) is -0.139. The van der Waals surface area contributed by atoms with E-state index in [2.05, 4.69) is 5.10 Å². The van der Waals surface area contributed by atoms with Crippen LogP contribution in [0.3, 0.4) is 0 Å². The fraction of sp³-hybridized carbons (Fsp3) is 0.333. The molecule has 1 aromatic rings. The highest BCUT2D eigenvalue weighted by Crippen LogP contribution is 2.28. The van der Waals surface area contributed by atoms with Crippen molar-refractivity contribution in [3.63, 3.8) is 0 Å². The maximum Gasteiger partial charge on any atom is 0.256 e. The van der Waals surface area contributed by atoms with E-state index in [0.29, 0.717) is 11.4 Å². The summed E-state index contributed by atoms with van der Waals surface area (Å²) >= 11 is 0. The van der Waals surface area contributed by atoms with Crippen LogP contribution in [0.2, 0.25) is 0 Å². The third-order valence-corrected chi connectivity index (χ3v) is 2.83. The lowest BCUT2D eigenvalue weighted by Crippen LogP contribution is -2.26. The predicted octanol–water partition coefficient (Wildman–Crippen LogP) is 2.02. The smallest absolute Gasteiger partial charge is 0.256 e. The molecule has 0 saturated heterocycles. The Morgan fingerprint density at radius 1 is 1.44 bits per heavy atom. The molecule has 16 heavy (non-hydrogen) atoms. The van der Waals surface area contributed by atoms with Gasteiger partial charge in [-0.2, -0.15) is 10.1 Å². The molecule has 1 aliphatic rings. The van der Waals surface area contributed by atoms with Gasteiger partial charge in [0.25, 0.3) is 5.91 Å². The lowest BCUT2D eigenvalue weighted by Gasteiger charge is -2.14. The van der Waals surface area contributed by atoms with Crippen molar-refractivity contribution in [1.82, 2.24) is 0 Å². The summed E-state index contributed by atoms with van der Waals surface area (Å²) in [6.07, 6.45) is 0.788. The molecule has 1 heterocycles. The lowest BCUT2D eigenvalue weighted by molar-refractivity contribution is -0.119. The predicted molar refractivity (Wildman–Crippen MR) is 65.2 cm³/mol. The summed E-state index contributed by atoms with van der Waals surface area (Å²) in [7, 11) is 0. The summed E-state index contributed by atoms with van der Waals surface area (Å²) in [6.45, 7) is 3.88. The van der Waals surface area contributed by atoms with Crippen LogP contribution in [0.5, 0.6) is 0 Å². The van der Waals surface area contributed by atoms with Crippen molar-refractivity contribution in [2.75, 3.05) is 10.7 Å². The summed E-state index contributed by atoms with van der Waals surface area (Å²) < 4.78 is 0. The first-order valence-electron chi connectivity index (χ1n) is 5.41. The van der Waals surface area contributed by atoms with E-state index in [1.807, 2.05) is 32.0 Å². The SMILES string of the molecule is CCC1=NN(c2ccccc2N)C(=O)C1C. The van der Waals surface area contributed by atoms with Crippen LogP contribution in [0.1, 0.15) is 20.3 Å². The largest absolute Gasteiger partial charge is 0.397 e. The second kappa shape index (κ2) is 3.96. The maximum atomic E-state index is 12.0. The van der Waals surface area contributed by atoms with Gasteiger partial charge in [0.15, 0.2) is 0 Å². The third kappa shape index (κ3) is 1.56. The quantitative estimate of drug-likeness (QED) is 0.770. The summed E-state index contributed by atoms with van der Waals surface area (Å²) in [5.41, 5.74) is 7.98. The first-order chi connectivity index (χ1) is 7.65. The minimum absolute atomic E-state index is 0.00486. The first-order valence-corrected chi connectivity index (χ1v) is 5.41. The number of carbonyl (C=O) groups is 1. The average molecular weight is 217 g/mol. The van der Waals surface area contributed by atoms with Crippen LogP contribution in [-0.4, -0.2) is 11.6 Å².